The lowest BCUT2D eigenvalue weighted by molar-refractivity contribution is -0.140. The van der Waals surface area contributed by atoms with Gasteiger partial charge < -0.3 is 19.5 Å². The third-order valence-electron chi connectivity index (χ3n) is 5.32. The number of methoxy groups -OCH3 is 1. The highest BCUT2D eigenvalue weighted by Crippen LogP contribution is 2.39. The maximum absolute atomic E-state index is 11.6. The normalized spacial score (nSPS) is 18.3. The monoisotopic (exact) mass is 420 g/mol. The number of nitrogens with zero attached hydrogens (tertiary/aromatic N) is 3. The van der Waals surface area contributed by atoms with E-state index in [1.807, 2.05) is 36.4 Å². The molecule has 3 aromatic rings. The van der Waals surface area contributed by atoms with Crippen LogP contribution in [0.4, 0.5) is 0 Å². The van der Waals surface area contributed by atoms with Gasteiger partial charge in [-0.1, -0.05) is 24.3 Å². The van der Waals surface area contributed by atoms with Crippen LogP contribution in [0.15, 0.2) is 73.2 Å². The highest BCUT2D eigenvalue weighted by molar-refractivity contribution is 7.80. The standard InChI is InChI=1S/C23H24N4O2S/c1-29-20(28)11-7-14-27-22(21(25-23(27)30)19-10-5-6-13-24-19)17-12-15-26(16-17)18-8-3-2-4-9-18/h2-6,8-10,12-13,15-16,21-22H,7,11,14H2,1H3,(H,25,30)/t21-,22+/m0/s1. The van der Waals surface area contributed by atoms with Crippen LogP contribution >= 0.6 is 12.2 Å². The molecule has 6 nitrogen and oxygen atoms in total. The van der Waals surface area contributed by atoms with Gasteiger partial charge in [-0.05, 0) is 54.5 Å². The number of carbonyl (C=O) groups is 1. The highest BCUT2D eigenvalue weighted by Gasteiger charge is 2.39. The van der Waals surface area contributed by atoms with Crippen molar-refractivity contribution in [1.29, 1.82) is 0 Å². The number of hydrogen-bond donors (Lipinski definition) is 1. The minimum Gasteiger partial charge on any atom is -0.469 e. The molecular weight excluding hydrogens is 396 g/mol. The molecule has 0 spiro atoms. The van der Waals surface area contributed by atoms with Crippen LogP contribution in [0, 0.1) is 0 Å². The summed E-state index contributed by atoms with van der Waals surface area (Å²) in [6.45, 7) is 0.658. The molecule has 0 aliphatic carbocycles. The predicted molar refractivity (Wildman–Crippen MR) is 119 cm³/mol. The van der Waals surface area contributed by atoms with Gasteiger partial charge in [0.15, 0.2) is 5.11 Å². The van der Waals surface area contributed by atoms with Crippen LogP contribution in [0.1, 0.15) is 36.2 Å². The Kier molecular flexibility index (Phi) is 6.09. The highest BCUT2D eigenvalue weighted by atomic mass is 32.1. The molecular formula is C23H24N4O2S. The Hall–Kier alpha value is -3.19. The molecule has 3 heterocycles. The largest absolute Gasteiger partial charge is 0.469 e. The number of benzene rings is 1. The maximum Gasteiger partial charge on any atom is 0.305 e. The van der Waals surface area contributed by atoms with Gasteiger partial charge in [0.05, 0.1) is 24.9 Å². The lowest BCUT2D eigenvalue weighted by Crippen LogP contribution is -2.30. The SMILES string of the molecule is COC(=O)CCCN1C(=S)N[C@@H](c2ccccn2)[C@H]1c1ccn(-c2ccccc2)c1. The van der Waals surface area contributed by atoms with Crippen molar-refractivity contribution in [3.05, 3.63) is 84.4 Å². The zero-order chi connectivity index (χ0) is 20.9. The van der Waals surface area contributed by atoms with E-state index in [2.05, 4.69) is 50.4 Å². The van der Waals surface area contributed by atoms with Crippen molar-refractivity contribution in [2.75, 3.05) is 13.7 Å². The molecule has 4 rings (SSSR count). The molecule has 7 heteroatoms. The zero-order valence-corrected chi connectivity index (χ0v) is 17.6. The van der Waals surface area contributed by atoms with Crippen LogP contribution in [-0.4, -0.2) is 39.2 Å². The van der Waals surface area contributed by atoms with Gasteiger partial charge in [-0.15, -0.1) is 0 Å². The van der Waals surface area contributed by atoms with Crippen LogP contribution in [0.2, 0.25) is 0 Å². The van der Waals surface area contributed by atoms with Crippen molar-refractivity contribution in [3.8, 4) is 5.69 Å². The molecule has 1 fully saturated rings. The molecule has 1 saturated heterocycles. The number of rotatable bonds is 7. The van der Waals surface area contributed by atoms with E-state index in [-0.39, 0.29) is 18.1 Å². The molecule has 0 amide bonds. The Bertz CT molecular complexity index is 1010. The topological polar surface area (TPSA) is 59.4 Å². The molecule has 1 aliphatic rings. The van der Waals surface area contributed by atoms with E-state index < -0.39 is 0 Å². The van der Waals surface area contributed by atoms with Crippen molar-refractivity contribution in [2.45, 2.75) is 24.9 Å². The quantitative estimate of drug-likeness (QED) is 0.464. The van der Waals surface area contributed by atoms with Gasteiger partial charge in [0, 0.05) is 37.2 Å². The molecule has 0 bridgehead atoms. The second-order valence-electron chi connectivity index (χ2n) is 7.19. The number of ether oxygens (including phenoxy) is 1. The van der Waals surface area contributed by atoms with Gasteiger partial charge in [0.2, 0.25) is 0 Å². The van der Waals surface area contributed by atoms with Gasteiger partial charge in [-0.25, -0.2) is 0 Å². The summed E-state index contributed by atoms with van der Waals surface area (Å²) in [6.07, 6.45) is 7.03. The average molecular weight is 421 g/mol. The number of hydrogen-bond acceptors (Lipinski definition) is 4. The third kappa shape index (κ3) is 4.21. The van der Waals surface area contributed by atoms with Crippen molar-refractivity contribution in [1.82, 2.24) is 19.8 Å². The smallest absolute Gasteiger partial charge is 0.305 e. The Morgan fingerprint density at radius 2 is 1.97 bits per heavy atom. The lowest BCUT2D eigenvalue weighted by atomic mass is 9.99. The van der Waals surface area contributed by atoms with Gasteiger partial charge in [0.25, 0.3) is 0 Å². The molecule has 2 aromatic heterocycles. The Morgan fingerprint density at radius 3 is 2.70 bits per heavy atom. The van der Waals surface area contributed by atoms with E-state index in [1.54, 1.807) is 6.20 Å². The van der Waals surface area contributed by atoms with Crippen molar-refractivity contribution >= 4 is 23.3 Å². The summed E-state index contributed by atoms with van der Waals surface area (Å²) in [7, 11) is 1.41. The third-order valence-corrected chi connectivity index (χ3v) is 5.67. The second kappa shape index (κ2) is 9.09. The van der Waals surface area contributed by atoms with Crippen LogP contribution in [0.5, 0.6) is 0 Å². The minimum absolute atomic E-state index is 0.0185. The molecule has 0 radical (unpaired) electrons. The lowest BCUT2D eigenvalue weighted by Gasteiger charge is -2.27. The van der Waals surface area contributed by atoms with Crippen molar-refractivity contribution in [3.63, 3.8) is 0 Å². The van der Waals surface area contributed by atoms with E-state index in [0.29, 0.717) is 24.5 Å². The first-order valence-electron chi connectivity index (χ1n) is 9.95. The fraction of sp³-hybridized carbons (Fsp3) is 0.261. The fourth-order valence-electron chi connectivity index (χ4n) is 3.85. The number of carbonyl (C=O) groups excluding carboxylic acids is 1. The van der Waals surface area contributed by atoms with E-state index in [4.69, 9.17) is 17.0 Å². The fourth-order valence-corrected chi connectivity index (χ4v) is 4.19. The summed E-state index contributed by atoms with van der Waals surface area (Å²) in [5.41, 5.74) is 3.18. The van der Waals surface area contributed by atoms with Crippen LogP contribution in [0.3, 0.4) is 0 Å². The zero-order valence-electron chi connectivity index (χ0n) is 16.8. The summed E-state index contributed by atoms with van der Waals surface area (Å²) in [5.74, 6) is -0.207. The summed E-state index contributed by atoms with van der Waals surface area (Å²) in [6, 6.07) is 18.2. The number of para-hydroxylation sites is 1. The van der Waals surface area contributed by atoms with Gasteiger partial charge in [-0.3, -0.25) is 9.78 Å². The Balaban J connectivity index is 1.64. The maximum atomic E-state index is 11.6. The minimum atomic E-state index is -0.207. The summed E-state index contributed by atoms with van der Waals surface area (Å²) >= 11 is 5.67. The number of esters is 1. The Morgan fingerprint density at radius 1 is 1.17 bits per heavy atom. The number of thiocarbonyl (C=S) groups is 1. The van der Waals surface area contributed by atoms with Crippen molar-refractivity contribution in [2.24, 2.45) is 0 Å². The van der Waals surface area contributed by atoms with E-state index in [0.717, 1.165) is 16.9 Å². The molecule has 1 aliphatic heterocycles. The predicted octanol–water partition coefficient (Wildman–Crippen LogP) is 3.80. The van der Waals surface area contributed by atoms with Gasteiger partial charge in [-0.2, -0.15) is 0 Å². The first-order valence-corrected chi connectivity index (χ1v) is 10.4. The van der Waals surface area contributed by atoms with Crippen LogP contribution in [-0.2, 0) is 9.53 Å². The van der Waals surface area contributed by atoms with Crippen molar-refractivity contribution < 1.29 is 9.53 Å². The number of aromatic nitrogens is 2. The molecule has 30 heavy (non-hydrogen) atoms. The first-order chi connectivity index (χ1) is 14.7. The molecule has 1 aromatic carbocycles. The van der Waals surface area contributed by atoms with Crippen LogP contribution < -0.4 is 5.32 Å². The Labute approximate surface area is 181 Å². The summed E-state index contributed by atoms with van der Waals surface area (Å²) in [5, 5.41) is 4.11. The number of nitrogens with one attached hydrogen (secondary N) is 1. The molecule has 2 atom stereocenters. The number of pyridine rings is 1. The summed E-state index contributed by atoms with van der Waals surface area (Å²) in [4.78, 5) is 18.3. The average Bonchev–Trinajstić information content (AvgIpc) is 3.40. The van der Waals surface area contributed by atoms with Gasteiger partial charge in [0.1, 0.15) is 0 Å². The first kappa shape index (κ1) is 20.1. The second-order valence-corrected chi connectivity index (χ2v) is 7.57. The van der Waals surface area contributed by atoms with Crippen LogP contribution in [0.25, 0.3) is 5.69 Å². The van der Waals surface area contributed by atoms with E-state index >= 15 is 0 Å². The van der Waals surface area contributed by atoms with Gasteiger partial charge >= 0.3 is 5.97 Å². The molecule has 1 N–H and O–H groups in total. The summed E-state index contributed by atoms with van der Waals surface area (Å²) < 4.78 is 6.89. The van der Waals surface area contributed by atoms with E-state index in [1.165, 1.54) is 7.11 Å². The molecule has 0 unspecified atom stereocenters. The van der Waals surface area contributed by atoms with E-state index in [9.17, 15) is 4.79 Å². The molecule has 0 saturated carbocycles. The molecule has 154 valence electrons.